The van der Waals surface area contributed by atoms with E-state index in [2.05, 4.69) is 13.5 Å². The summed E-state index contributed by atoms with van der Waals surface area (Å²) in [4.78, 5) is 5.56. The van der Waals surface area contributed by atoms with Crippen molar-refractivity contribution in [1.29, 1.82) is 0 Å². The van der Waals surface area contributed by atoms with Gasteiger partial charge in [0.25, 0.3) is 0 Å². The van der Waals surface area contributed by atoms with Gasteiger partial charge in [-0.05, 0) is 0 Å². The van der Waals surface area contributed by atoms with Gasteiger partial charge in [0.2, 0.25) is 0 Å². The largest absolute Gasteiger partial charge is 0.383 e. The van der Waals surface area contributed by atoms with E-state index in [4.69, 9.17) is 9.57 Å². The Labute approximate surface area is 73.9 Å². The third-order valence-corrected chi connectivity index (χ3v) is 2.10. The maximum Gasteiger partial charge on any atom is 0.101 e. The van der Waals surface area contributed by atoms with Crippen molar-refractivity contribution < 1.29 is 9.57 Å². The maximum atomic E-state index is 5.56. The molecule has 1 fully saturated rings. The first-order valence-corrected chi connectivity index (χ1v) is 4.31. The molecule has 1 saturated heterocycles. The summed E-state index contributed by atoms with van der Waals surface area (Å²) in [5.41, 5.74) is 0. The molecule has 3 nitrogen and oxygen atoms in total. The summed E-state index contributed by atoms with van der Waals surface area (Å²) in [6.45, 7) is 8.42. The van der Waals surface area contributed by atoms with E-state index >= 15 is 0 Å². The van der Waals surface area contributed by atoms with Crippen molar-refractivity contribution in [1.82, 2.24) is 5.06 Å². The highest BCUT2D eigenvalue weighted by molar-refractivity contribution is 4.87. The number of methoxy groups -OCH3 is 1. The molecule has 1 heterocycles. The molecule has 12 heavy (non-hydrogen) atoms. The Morgan fingerprint density at radius 3 is 3.00 bits per heavy atom. The highest BCUT2D eigenvalue weighted by Crippen LogP contribution is 2.19. The lowest BCUT2D eigenvalue weighted by atomic mass is 10.1. The van der Waals surface area contributed by atoms with Crippen molar-refractivity contribution in [2.45, 2.75) is 13.0 Å². The van der Waals surface area contributed by atoms with Gasteiger partial charge < -0.3 is 4.74 Å². The molecule has 0 aromatic carbocycles. The molecule has 1 aliphatic heterocycles. The zero-order chi connectivity index (χ0) is 8.97. The number of rotatable bonds is 4. The molecule has 0 aromatic rings. The molecule has 0 amide bonds. The van der Waals surface area contributed by atoms with Crippen LogP contribution in [0.1, 0.15) is 6.92 Å². The second kappa shape index (κ2) is 4.60. The molecular weight excluding hydrogens is 154 g/mol. The summed E-state index contributed by atoms with van der Waals surface area (Å²) in [6, 6.07) is 0. The average Bonchev–Trinajstić information content (AvgIpc) is 2.43. The van der Waals surface area contributed by atoms with Crippen LogP contribution in [0.25, 0.3) is 0 Å². The topological polar surface area (TPSA) is 21.7 Å². The van der Waals surface area contributed by atoms with Crippen molar-refractivity contribution in [3.05, 3.63) is 12.7 Å². The van der Waals surface area contributed by atoms with E-state index < -0.39 is 0 Å². The van der Waals surface area contributed by atoms with E-state index in [9.17, 15) is 0 Å². The Bertz CT molecular complexity index is 149. The van der Waals surface area contributed by atoms with E-state index in [-0.39, 0.29) is 6.10 Å². The van der Waals surface area contributed by atoms with Crippen LogP contribution >= 0.6 is 0 Å². The highest BCUT2D eigenvalue weighted by atomic mass is 16.7. The SMILES string of the molecule is C=C[C@@H]1ON(CCOC)C[C@H]1C. The first-order valence-electron chi connectivity index (χ1n) is 4.31. The van der Waals surface area contributed by atoms with Crippen LogP contribution in [0.15, 0.2) is 12.7 Å². The molecule has 1 aliphatic rings. The van der Waals surface area contributed by atoms with Gasteiger partial charge in [-0.25, -0.2) is 0 Å². The van der Waals surface area contributed by atoms with Gasteiger partial charge in [-0.2, -0.15) is 5.06 Å². The Hall–Kier alpha value is -0.380. The third kappa shape index (κ3) is 2.30. The van der Waals surface area contributed by atoms with E-state index in [0.717, 1.165) is 19.7 Å². The van der Waals surface area contributed by atoms with Crippen LogP contribution < -0.4 is 0 Å². The molecule has 70 valence electrons. The van der Waals surface area contributed by atoms with Gasteiger partial charge in [-0.3, -0.25) is 4.84 Å². The van der Waals surface area contributed by atoms with Crippen LogP contribution in [0.3, 0.4) is 0 Å². The number of hydroxylamine groups is 2. The van der Waals surface area contributed by atoms with Gasteiger partial charge in [0.1, 0.15) is 6.10 Å². The Kier molecular flexibility index (Phi) is 3.72. The lowest BCUT2D eigenvalue weighted by molar-refractivity contribution is -0.139. The van der Waals surface area contributed by atoms with Crippen molar-refractivity contribution in [2.24, 2.45) is 5.92 Å². The van der Waals surface area contributed by atoms with Crippen LogP contribution in [0.5, 0.6) is 0 Å². The molecule has 0 N–H and O–H groups in total. The van der Waals surface area contributed by atoms with Crippen molar-refractivity contribution in [3.8, 4) is 0 Å². The molecular formula is C9H17NO2. The Balaban J connectivity index is 2.27. The monoisotopic (exact) mass is 171 g/mol. The Morgan fingerprint density at radius 1 is 1.75 bits per heavy atom. The fraction of sp³-hybridized carbons (Fsp3) is 0.778. The van der Waals surface area contributed by atoms with Crippen LogP contribution in [0.4, 0.5) is 0 Å². The third-order valence-electron chi connectivity index (χ3n) is 2.10. The fourth-order valence-corrected chi connectivity index (χ4v) is 1.36. The smallest absolute Gasteiger partial charge is 0.101 e. The second-order valence-corrected chi connectivity index (χ2v) is 3.16. The minimum Gasteiger partial charge on any atom is -0.383 e. The summed E-state index contributed by atoms with van der Waals surface area (Å²) in [6.07, 6.45) is 2.04. The summed E-state index contributed by atoms with van der Waals surface area (Å²) < 4.78 is 4.96. The molecule has 3 heteroatoms. The van der Waals surface area contributed by atoms with Crippen molar-refractivity contribution in [3.63, 3.8) is 0 Å². The van der Waals surface area contributed by atoms with Gasteiger partial charge >= 0.3 is 0 Å². The molecule has 0 radical (unpaired) electrons. The molecule has 0 aromatic heterocycles. The fourth-order valence-electron chi connectivity index (χ4n) is 1.36. The summed E-state index contributed by atoms with van der Waals surface area (Å²) in [5.74, 6) is 0.541. The first kappa shape index (κ1) is 9.71. The van der Waals surface area contributed by atoms with Gasteiger partial charge in [0.05, 0.1) is 6.61 Å². The quantitative estimate of drug-likeness (QED) is 0.591. The lowest BCUT2D eigenvalue weighted by Gasteiger charge is -2.13. The zero-order valence-electron chi connectivity index (χ0n) is 7.82. The Morgan fingerprint density at radius 2 is 2.50 bits per heavy atom. The normalized spacial score (nSPS) is 30.8. The average molecular weight is 171 g/mol. The van der Waals surface area contributed by atoms with Crippen LogP contribution in [-0.4, -0.2) is 38.0 Å². The van der Waals surface area contributed by atoms with E-state index in [1.807, 2.05) is 11.1 Å². The van der Waals surface area contributed by atoms with E-state index in [0.29, 0.717) is 5.92 Å². The summed E-state index contributed by atoms with van der Waals surface area (Å²) in [7, 11) is 1.70. The highest BCUT2D eigenvalue weighted by Gasteiger charge is 2.27. The lowest BCUT2D eigenvalue weighted by Crippen LogP contribution is -2.23. The van der Waals surface area contributed by atoms with Crippen molar-refractivity contribution in [2.75, 3.05) is 26.8 Å². The minimum absolute atomic E-state index is 0.182. The molecule has 0 bridgehead atoms. The van der Waals surface area contributed by atoms with E-state index in [1.54, 1.807) is 7.11 Å². The van der Waals surface area contributed by atoms with E-state index in [1.165, 1.54) is 0 Å². The molecule has 0 aliphatic carbocycles. The predicted molar refractivity (Wildman–Crippen MR) is 47.7 cm³/mol. The van der Waals surface area contributed by atoms with Gasteiger partial charge in [-0.15, -0.1) is 6.58 Å². The molecule has 0 spiro atoms. The summed E-state index contributed by atoms with van der Waals surface area (Å²) >= 11 is 0. The molecule has 2 atom stereocenters. The summed E-state index contributed by atoms with van der Waals surface area (Å²) in [5, 5.41) is 1.94. The minimum atomic E-state index is 0.182. The number of hydrogen-bond donors (Lipinski definition) is 0. The number of ether oxygens (including phenoxy) is 1. The molecule has 1 rings (SSSR count). The molecule has 0 saturated carbocycles. The standard InChI is InChI=1S/C9H17NO2/c1-4-9-8(2)7-10(12-9)5-6-11-3/h4,8-9H,1,5-7H2,2-3H3/t8-,9+/m1/s1. The van der Waals surface area contributed by atoms with Gasteiger partial charge in [-0.1, -0.05) is 13.0 Å². The van der Waals surface area contributed by atoms with Crippen LogP contribution in [0.2, 0.25) is 0 Å². The molecule has 0 unspecified atom stereocenters. The van der Waals surface area contributed by atoms with Gasteiger partial charge in [0, 0.05) is 26.1 Å². The first-order chi connectivity index (χ1) is 5.77. The zero-order valence-corrected chi connectivity index (χ0v) is 7.82. The van der Waals surface area contributed by atoms with Gasteiger partial charge in [0.15, 0.2) is 0 Å². The number of nitrogens with zero attached hydrogens (tertiary/aromatic N) is 1. The van der Waals surface area contributed by atoms with Crippen LogP contribution in [0, 0.1) is 5.92 Å². The number of hydrogen-bond acceptors (Lipinski definition) is 3. The van der Waals surface area contributed by atoms with Crippen molar-refractivity contribution >= 4 is 0 Å². The predicted octanol–water partition coefficient (Wildman–Crippen LogP) is 1.07. The van der Waals surface area contributed by atoms with Crippen LogP contribution in [-0.2, 0) is 9.57 Å². The maximum absolute atomic E-state index is 5.56. The second-order valence-electron chi connectivity index (χ2n) is 3.16.